The molecule has 2 N–H and O–H groups in total. The summed E-state index contributed by atoms with van der Waals surface area (Å²) in [6, 6.07) is 13.0. The second-order valence-corrected chi connectivity index (χ2v) is 7.84. The third-order valence-corrected chi connectivity index (χ3v) is 5.97. The first-order chi connectivity index (χ1) is 15.9. The van der Waals surface area contributed by atoms with Gasteiger partial charge in [0, 0.05) is 66.5 Å². The Morgan fingerprint density at radius 1 is 0.939 bits per heavy atom. The Morgan fingerprint density at radius 2 is 1.64 bits per heavy atom. The number of aromatic nitrogens is 1. The lowest BCUT2D eigenvalue weighted by atomic mass is 10.0. The number of rotatable bonds is 4. The molecule has 0 saturated carbocycles. The number of amides is 3. The molecule has 33 heavy (non-hydrogen) atoms. The fraction of sp³-hybridized carbons (Fsp3) is 0.174. The van der Waals surface area contributed by atoms with Crippen LogP contribution >= 0.6 is 0 Å². The second-order valence-electron chi connectivity index (χ2n) is 7.84. The molecule has 0 bridgehead atoms. The van der Waals surface area contributed by atoms with E-state index in [9.17, 15) is 24.5 Å². The number of H-pyrrole nitrogens is 1. The van der Waals surface area contributed by atoms with E-state index < -0.39 is 16.7 Å². The van der Waals surface area contributed by atoms with Gasteiger partial charge in [-0.1, -0.05) is 18.2 Å². The van der Waals surface area contributed by atoms with E-state index in [2.05, 4.69) is 10.3 Å². The van der Waals surface area contributed by atoms with E-state index >= 15 is 0 Å². The number of imide groups is 1. The number of hydrogen-bond donors (Lipinski definition) is 2. The molecular formula is C23H19N5O5. The predicted octanol–water partition coefficient (Wildman–Crippen LogP) is 1.90. The highest BCUT2D eigenvalue weighted by molar-refractivity contribution is 6.37. The van der Waals surface area contributed by atoms with Gasteiger partial charge in [0.25, 0.3) is 23.4 Å². The van der Waals surface area contributed by atoms with E-state index in [0.29, 0.717) is 48.6 Å². The van der Waals surface area contributed by atoms with Crippen molar-refractivity contribution < 1.29 is 19.3 Å². The van der Waals surface area contributed by atoms with Crippen molar-refractivity contribution in [3.8, 4) is 0 Å². The van der Waals surface area contributed by atoms with Crippen molar-refractivity contribution >= 4 is 39.9 Å². The van der Waals surface area contributed by atoms with Gasteiger partial charge in [-0.25, -0.2) is 0 Å². The third kappa shape index (κ3) is 3.51. The first kappa shape index (κ1) is 20.4. The Hall–Kier alpha value is -4.47. The van der Waals surface area contributed by atoms with Crippen molar-refractivity contribution in [3.05, 3.63) is 81.7 Å². The zero-order chi connectivity index (χ0) is 23.1. The number of fused-ring (bicyclic) bond motifs is 1. The molecule has 2 aliphatic rings. The molecule has 3 amide bonds. The highest BCUT2D eigenvalue weighted by atomic mass is 16.6. The van der Waals surface area contributed by atoms with Crippen LogP contribution in [0, 0.1) is 10.1 Å². The summed E-state index contributed by atoms with van der Waals surface area (Å²) in [5.74, 6) is -1.12. The fourth-order valence-electron chi connectivity index (χ4n) is 4.32. The number of carbonyl (C=O) groups excluding carboxylic acids is 3. The summed E-state index contributed by atoms with van der Waals surface area (Å²) in [4.78, 5) is 55.1. The molecule has 3 heterocycles. The van der Waals surface area contributed by atoms with Gasteiger partial charge in [-0.05, 0) is 18.2 Å². The van der Waals surface area contributed by atoms with Crippen LogP contribution in [0.1, 0.15) is 15.9 Å². The number of non-ortho nitro benzene ring substituents is 1. The van der Waals surface area contributed by atoms with Crippen molar-refractivity contribution in [2.24, 2.45) is 0 Å². The van der Waals surface area contributed by atoms with Gasteiger partial charge in [0.15, 0.2) is 0 Å². The molecule has 5 rings (SSSR count). The van der Waals surface area contributed by atoms with Crippen LogP contribution in [0.2, 0.25) is 0 Å². The van der Waals surface area contributed by atoms with Crippen molar-refractivity contribution in [1.29, 1.82) is 0 Å². The molecule has 10 heteroatoms. The van der Waals surface area contributed by atoms with Crippen LogP contribution < -0.4 is 5.32 Å². The Kier molecular flexibility index (Phi) is 4.89. The molecule has 0 unspecified atom stereocenters. The number of aromatic amines is 1. The molecular weight excluding hydrogens is 426 g/mol. The quantitative estimate of drug-likeness (QED) is 0.359. The first-order valence-corrected chi connectivity index (χ1v) is 10.4. The number of carbonyl (C=O) groups is 3. The third-order valence-electron chi connectivity index (χ3n) is 5.97. The summed E-state index contributed by atoms with van der Waals surface area (Å²) in [7, 11) is 0. The van der Waals surface area contributed by atoms with E-state index in [1.165, 1.54) is 24.3 Å². The van der Waals surface area contributed by atoms with Gasteiger partial charge in [0.2, 0.25) is 0 Å². The van der Waals surface area contributed by atoms with Crippen LogP contribution in [0.4, 0.5) is 5.69 Å². The average Bonchev–Trinajstić information content (AvgIpc) is 3.38. The van der Waals surface area contributed by atoms with Crippen LogP contribution in [0.25, 0.3) is 16.5 Å². The number of hydrogen-bond acceptors (Lipinski definition) is 6. The molecule has 10 nitrogen and oxygen atoms in total. The van der Waals surface area contributed by atoms with Crippen molar-refractivity contribution in [2.45, 2.75) is 0 Å². The number of nitro benzene ring substituents is 1. The standard InChI is InChI=1S/C23H19N5O5/c29-21-19(17-13-24-18-4-2-1-3-16(17)18)20(22(30)25-21)26-9-11-27(12-10-26)23(31)14-5-7-15(8-6-14)28(32)33/h1-8,13,24H,9-12H2,(H,25,29,30). The van der Waals surface area contributed by atoms with E-state index in [1.807, 2.05) is 29.2 Å². The normalized spacial score (nSPS) is 16.5. The second kappa shape index (κ2) is 7.90. The zero-order valence-electron chi connectivity index (χ0n) is 17.4. The van der Waals surface area contributed by atoms with Crippen molar-refractivity contribution in [1.82, 2.24) is 20.1 Å². The lowest BCUT2D eigenvalue weighted by molar-refractivity contribution is -0.384. The average molecular weight is 445 g/mol. The molecule has 166 valence electrons. The van der Waals surface area contributed by atoms with E-state index in [1.54, 1.807) is 11.1 Å². The Labute approximate surface area is 187 Å². The summed E-state index contributed by atoms with van der Waals surface area (Å²) < 4.78 is 0. The molecule has 2 aromatic carbocycles. The SMILES string of the molecule is O=C1NC(=O)C(N2CCN(C(=O)c3ccc([N+](=O)[O-])cc3)CC2)=C1c1c[nH]c2ccccc12. The van der Waals surface area contributed by atoms with Gasteiger partial charge in [-0.15, -0.1) is 0 Å². The van der Waals surface area contributed by atoms with Gasteiger partial charge in [-0.3, -0.25) is 29.8 Å². The molecule has 0 aliphatic carbocycles. The summed E-state index contributed by atoms with van der Waals surface area (Å²) in [6.07, 6.45) is 1.73. The minimum absolute atomic E-state index is 0.0787. The maximum absolute atomic E-state index is 12.8. The van der Waals surface area contributed by atoms with Gasteiger partial charge in [0.05, 0.1) is 10.5 Å². The van der Waals surface area contributed by atoms with Crippen LogP contribution in [0.15, 0.2) is 60.4 Å². The minimum atomic E-state index is -0.514. The number of para-hydroxylation sites is 1. The lowest BCUT2D eigenvalue weighted by Gasteiger charge is -2.36. The maximum Gasteiger partial charge on any atom is 0.275 e. The first-order valence-electron chi connectivity index (χ1n) is 10.4. The maximum atomic E-state index is 12.8. The Morgan fingerprint density at radius 3 is 2.33 bits per heavy atom. The summed E-state index contributed by atoms with van der Waals surface area (Å²) in [5.41, 5.74) is 2.45. The molecule has 1 saturated heterocycles. The lowest BCUT2D eigenvalue weighted by Crippen LogP contribution is -2.49. The predicted molar refractivity (Wildman–Crippen MR) is 119 cm³/mol. The minimum Gasteiger partial charge on any atom is -0.363 e. The monoisotopic (exact) mass is 445 g/mol. The largest absolute Gasteiger partial charge is 0.363 e. The Balaban J connectivity index is 1.38. The number of benzene rings is 2. The van der Waals surface area contributed by atoms with Crippen molar-refractivity contribution in [2.75, 3.05) is 26.2 Å². The van der Waals surface area contributed by atoms with Crippen LogP contribution in [-0.4, -0.2) is 63.6 Å². The van der Waals surface area contributed by atoms with Crippen LogP contribution in [0.5, 0.6) is 0 Å². The number of nitro groups is 1. The summed E-state index contributed by atoms with van der Waals surface area (Å²) in [6.45, 7) is 1.45. The van der Waals surface area contributed by atoms with Gasteiger partial charge < -0.3 is 14.8 Å². The molecule has 0 radical (unpaired) electrons. The number of nitrogens with zero attached hydrogens (tertiary/aromatic N) is 3. The van der Waals surface area contributed by atoms with Crippen LogP contribution in [-0.2, 0) is 9.59 Å². The zero-order valence-corrected chi connectivity index (χ0v) is 17.4. The van der Waals surface area contributed by atoms with Gasteiger partial charge in [0.1, 0.15) is 5.70 Å². The van der Waals surface area contributed by atoms with E-state index in [0.717, 1.165) is 10.9 Å². The van der Waals surface area contributed by atoms with Gasteiger partial charge in [-0.2, -0.15) is 0 Å². The van der Waals surface area contributed by atoms with Crippen LogP contribution in [0.3, 0.4) is 0 Å². The highest BCUT2D eigenvalue weighted by Gasteiger charge is 2.37. The fourth-order valence-corrected chi connectivity index (χ4v) is 4.32. The topological polar surface area (TPSA) is 129 Å². The summed E-state index contributed by atoms with van der Waals surface area (Å²) in [5, 5.41) is 14.1. The highest BCUT2D eigenvalue weighted by Crippen LogP contribution is 2.32. The van der Waals surface area contributed by atoms with Crippen molar-refractivity contribution in [3.63, 3.8) is 0 Å². The molecule has 2 aliphatic heterocycles. The molecule has 3 aromatic rings. The number of piperazine rings is 1. The molecule has 0 spiro atoms. The molecule has 1 fully saturated rings. The smallest absolute Gasteiger partial charge is 0.275 e. The molecule has 1 aromatic heterocycles. The van der Waals surface area contributed by atoms with E-state index in [-0.39, 0.29) is 11.6 Å². The Bertz CT molecular complexity index is 1330. The summed E-state index contributed by atoms with van der Waals surface area (Å²) >= 11 is 0. The number of nitrogens with one attached hydrogen (secondary N) is 2. The van der Waals surface area contributed by atoms with E-state index in [4.69, 9.17) is 0 Å². The van der Waals surface area contributed by atoms with Gasteiger partial charge >= 0.3 is 0 Å². The molecule has 0 atom stereocenters.